The Bertz CT molecular complexity index is 1340. The molecule has 0 aliphatic carbocycles. The average molecular weight is 534 g/mol. The molecule has 1 aromatic heterocycles. The maximum atomic E-state index is 13.6. The minimum atomic E-state index is -0.282. The summed E-state index contributed by atoms with van der Waals surface area (Å²) < 4.78 is 44.7. The molecule has 39 heavy (non-hydrogen) atoms. The molecule has 0 atom stereocenters. The molecular weight excluding hydrogens is 500 g/mol. The normalized spacial score (nSPS) is 14.4. The van der Waals surface area contributed by atoms with Crippen molar-refractivity contribution in [1.82, 2.24) is 9.88 Å². The highest BCUT2D eigenvalue weighted by Crippen LogP contribution is 2.40. The number of likely N-dealkylation sites (tertiary alicyclic amines) is 1. The Morgan fingerprint density at radius 1 is 0.872 bits per heavy atom. The van der Waals surface area contributed by atoms with Crippen LogP contribution in [0.4, 0.5) is 14.8 Å². The van der Waals surface area contributed by atoms with Gasteiger partial charge in [0, 0.05) is 31.2 Å². The predicted molar refractivity (Wildman–Crippen MR) is 148 cm³/mol. The molecular formula is C31H33F2N3O3. The van der Waals surface area contributed by atoms with Crippen molar-refractivity contribution in [3.63, 3.8) is 0 Å². The van der Waals surface area contributed by atoms with Crippen LogP contribution in [-0.4, -0.2) is 42.2 Å². The number of hydrogen-bond acceptors (Lipinski definition) is 6. The van der Waals surface area contributed by atoms with Crippen molar-refractivity contribution in [3.8, 4) is 33.9 Å². The first kappa shape index (κ1) is 26.7. The Labute approximate surface area is 227 Å². The molecule has 1 saturated heterocycles. The number of ether oxygens (including phenoxy) is 2. The van der Waals surface area contributed by atoms with Gasteiger partial charge in [-0.05, 0) is 86.3 Å². The summed E-state index contributed by atoms with van der Waals surface area (Å²) >= 11 is 0. The Balaban J connectivity index is 1.24. The molecule has 1 aliphatic heterocycles. The zero-order valence-electron chi connectivity index (χ0n) is 22.3. The first-order valence-electron chi connectivity index (χ1n) is 13.4. The fraction of sp³-hybridized carbons (Fsp3) is 0.323. The lowest BCUT2D eigenvalue weighted by Crippen LogP contribution is -2.38. The SMILES string of the molecule is CCOc1cc(CN2CCC(Nc3ncc(-c4ccc(F)cc4)o3)CC2)cc(OCC)c1-c1ccc(F)cc1. The third-order valence-electron chi connectivity index (χ3n) is 6.81. The highest BCUT2D eigenvalue weighted by atomic mass is 19.1. The van der Waals surface area contributed by atoms with E-state index in [0.717, 1.165) is 66.2 Å². The highest BCUT2D eigenvalue weighted by Gasteiger charge is 2.22. The van der Waals surface area contributed by atoms with Crippen LogP contribution in [0.5, 0.6) is 11.5 Å². The fourth-order valence-corrected chi connectivity index (χ4v) is 4.93. The highest BCUT2D eigenvalue weighted by molar-refractivity contribution is 5.77. The summed E-state index contributed by atoms with van der Waals surface area (Å²) in [6.45, 7) is 7.54. The topological polar surface area (TPSA) is 59.8 Å². The number of halogens is 2. The number of nitrogens with zero attached hydrogens (tertiary/aromatic N) is 2. The van der Waals surface area contributed by atoms with Gasteiger partial charge in [0.25, 0.3) is 6.01 Å². The molecule has 1 fully saturated rings. The van der Waals surface area contributed by atoms with Crippen LogP contribution in [0.1, 0.15) is 32.3 Å². The summed E-state index contributed by atoms with van der Waals surface area (Å²) in [6, 6.07) is 17.5. The van der Waals surface area contributed by atoms with Crippen LogP contribution in [0.25, 0.3) is 22.5 Å². The summed E-state index contributed by atoms with van der Waals surface area (Å²) in [4.78, 5) is 6.77. The van der Waals surface area contributed by atoms with Gasteiger partial charge in [0.2, 0.25) is 0 Å². The van der Waals surface area contributed by atoms with Crippen molar-refractivity contribution >= 4 is 6.01 Å². The van der Waals surface area contributed by atoms with Gasteiger partial charge in [0.1, 0.15) is 23.1 Å². The lowest BCUT2D eigenvalue weighted by atomic mass is 9.99. The minimum absolute atomic E-state index is 0.250. The molecule has 4 aromatic rings. The number of nitrogens with one attached hydrogen (secondary N) is 1. The third kappa shape index (κ3) is 6.57. The molecule has 1 aliphatic rings. The van der Waals surface area contributed by atoms with Crippen molar-refractivity contribution in [2.45, 2.75) is 39.3 Å². The van der Waals surface area contributed by atoms with Crippen molar-refractivity contribution < 1.29 is 22.7 Å². The molecule has 3 aromatic carbocycles. The maximum absolute atomic E-state index is 13.6. The van der Waals surface area contributed by atoms with Crippen LogP contribution >= 0.6 is 0 Å². The lowest BCUT2D eigenvalue weighted by molar-refractivity contribution is 0.209. The number of piperidine rings is 1. The third-order valence-corrected chi connectivity index (χ3v) is 6.81. The van der Waals surface area contributed by atoms with E-state index in [-0.39, 0.29) is 17.7 Å². The van der Waals surface area contributed by atoms with E-state index in [0.29, 0.717) is 25.0 Å². The van der Waals surface area contributed by atoms with E-state index in [9.17, 15) is 8.78 Å². The Morgan fingerprint density at radius 3 is 2.00 bits per heavy atom. The molecule has 0 saturated carbocycles. The standard InChI is InChI=1S/C31H33F2N3O3/c1-3-37-27-17-21(18-28(38-4-2)30(27)23-7-11-25(33)12-8-23)20-36-15-13-26(14-16-36)35-31-34-19-29(39-31)22-5-9-24(32)10-6-22/h5-12,17-19,26H,3-4,13-16,20H2,1-2H3,(H,34,35). The van der Waals surface area contributed by atoms with E-state index in [4.69, 9.17) is 13.9 Å². The zero-order chi connectivity index (χ0) is 27.2. The molecule has 0 bridgehead atoms. The van der Waals surface area contributed by atoms with Gasteiger partial charge in [-0.25, -0.2) is 13.8 Å². The van der Waals surface area contributed by atoms with Crippen molar-refractivity contribution in [3.05, 3.63) is 84.1 Å². The van der Waals surface area contributed by atoms with E-state index < -0.39 is 0 Å². The molecule has 1 N–H and O–H groups in total. The summed E-state index contributed by atoms with van der Waals surface area (Å²) in [6.07, 6.45) is 3.54. The predicted octanol–water partition coefficient (Wildman–Crippen LogP) is 7.16. The van der Waals surface area contributed by atoms with Gasteiger partial charge in [0.15, 0.2) is 5.76 Å². The maximum Gasteiger partial charge on any atom is 0.295 e. The smallest absolute Gasteiger partial charge is 0.295 e. The largest absolute Gasteiger partial charge is 0.493 e. The molecule has 0 amide bonds. The second-order valence-electron chi connectivity index (χ2n) is 9.57. The van der Waals surface area contributed by atoms with E-state index >= 15 is 0 Å². The quantitative estimate of drug-likeness (QED) is 0.233. The summed E-state index contributed by atoms with van der Waals surface area (Å²) in [7, 11) is 0. The first-order chi connectivity index (χ1) is 19.0. The number of benzene rings is 3. The van der Waals surface area contributed by atoms with Gasteiger partial charge in [-0.2, -0.15) is 0 Å². The molecule has 5 rings (SSSR count). The number of rotatable bonds is 10. The Kier molecular flexibility index (Phi) is 8.42. The molecule has 0 unspecified atom stereocenters. The molecule has 0 spiro atoms. The van der Waals surface area contributed by atoms with E-state index in [1.807, 2.05) is 13.8 Å². The van der Waals surface area contributed by atoms with Gasteiger partial charge in [-0.3, -0.25) is 4.90 Å². The lowest BCUT2D eigenvalue weighted by Gasteiger charge is -2.32. The van der Waals surface area contributed by atoms with Crippen LogP contribution < -0.4 is 14.8 Å². The second-order valence-corrected chi connectivity index (χ2v) is 9.57. The van der Waals surface area contributed by atoms with E-state index in [1.165, 1.54) is 24.3 Å². The monoisotopic (exact) mass is 533 g/mol. The minimum Gasteiger partial charge on any atom is -0.493 e. The fourth-order valence-electron chi connectivity index (χ4n) is 4.93. The Morgan fingerprint density at radius 2 is 1.44 bits per heavy atom. The number of anilines is 1. The first-order valence-corrected chi connectivity index (χ1v) is 13.4. The van der Waals surface area contributed by atoms with Gasteiger partial charge in [-0.15, -0.1) is 0 Å². The van der Waals surface area contributed by atoms with Gasteiger partial charge < -0.3 is 19.2 Å². The van der Waals surface area contributed by atoms with E-state index in [2.05, 4.69) is 27.3 Å². The van der Waals surface area contributed by atoms with Gasteiger partial charge in [0.05, 0.1) is 25.0 Å². The number of hydrogen-bond donors (Lipinski definition) is 1. The summed E-state index contributed by atoms with van der Waals surface area (Å²) in [5.74, 6) is 1.52. The average Bonchev–Trinajstić information content (AvgIpc) is 3.40. The Hall–Kier alpha value is -3.91. The van der Waals surface area contributed by atoms with Crippen molar-refractivity contribution in [2.75, 3.05) is 31.6 Å². The molecule has 204 valence electrons. The van der Waals surface area contributed by atoms with Crippen molar-refractivity contribution in [2.24, 2.45) is 0 Å². The zero-order valence-corrected chi connectivity index (χ0v) is 22.3. The van der Waals surface area contributed by atoms with Gasteiger partial charge in [-0.1, -0.05) is 12.1 Å². The summed E-state index contributed by atoms with van der Waals surface area (Å²) in [5, 5.41) is 3.40. The van der Waals surface area contributed by atoms with Crippen LogP contribution in [0.15, 0.2) is 71.3 Å². The number of aromatic nitrogens is 1. The molecule has 6 nitrogen and oxygen atoms in total. The van der Waals surface area contributed by atoms with E-state index in [1.54, 1.807) is 30.5 Å². The molecule has 2 heterocycles. The number of oxazole rings is 1. The van der Waals surface area contributed by atoms with Gasteiger partial charge >= 0.3 is 0 Å². The molecule has 8 heteroatoms. The van der Waals surface area contributed by atoms with Crippen LogP contribution in [0.3, 0.4) is 0 Å². The molecule has 0 radical (unpaired) electrons. The van der Waals surface area contributed by atoms with Crippen LogP contribution in [-0.2, 0) is 6.54 Å². The summed E-state index contributed by atoms with van der Waals surface area (Å²) in [5.41, 5.74) is 3.60. The second kappa shape index (κ2) is 12.3. The van der Waals surface area contributed by atoms with Crippen LogP contribution in [0.2, 0.25) is 0 Å². The van der Waals surface area contributed by atoms with Crippen LogP contribution in [0, 0.1) is 11.6 Å². The van der Waals surface area contributed by atoms with Crippen molar-refractivity contribution in [1.29, 1.82) is 0 Å².